The zero-order chi connectivity index (χ0) is 16.2. The molecule has 0 saturated carbocycles. The molecule has 1 N–H and O–H groups in total. The van der Waals surface area contributed by atoms with Gasteiger partial charge in [-0.05, 0) is 57.2 Å². The lowest BCUT2D eigenvalue weighted by Gasteiger charge is -2.32. The van der Waals surface area contributed by atoms with Gasteiger partial charge in [-0.1, -0.05) is 6.07 Å². The summed E-state index contributed by atoms with van der Waals surface area (Å²) in [6.45, 7) is 4.92. The normalized spacial score (nSPS) is 19.2. The van der Waals surface area contributed by atoms with Gasteiger partial charge in [0.15, 0.2) is 0 Å². The molecule has 0 amide bonds. The molecule has 5 heteroatoms. The van der Waals surface area contributed by atoms with Gasteiger partial charge in [0, 0.05) is 24.3 Å². The van der Waals surface area contributed by atoms with Crippen molar-refractivity contribution in [3.63, 3.8) is 0 Å². The fourth-order valence-corrected chi connectivity index (χ4v) is 3.41. The van der Waals surface area contributed by atoms with Gasteiger partial charge in [-0.15, -0.1) is 0 Å². The molecule has 3 nitrogen and oxygen atoms in total. The minimum Gasteiger partial charge on any atom is -0.348 e. The summed E-state index contributed by atoms with van der Waals surface area (Å²) in [7, 11) is 0. The van der Waals surface area contributed by atoms with E-state index in [-0.39, 0.29) is 5.56 Å². The van der Waals surface area contributed by atoms with Crippen molar-refractivity contribution in [2.75, 3.05) is 13.1 Å². The summed E-state index contributed by atoms with van der Waals surface area (Å²) in [6, 6.07) is 4.10. The minimum atomic E-state index is -0.426. The molecule has 1 atom stereocenters. The number of rotatable bonds is 5. The average molecular weight is 319 g/mol. The van der Waals surface area contributed by atoms with Crippen molar-refractivity contribution in [3.8, 4) is 0 Å². The average Bonchev–Trinajstić information content (AvgIpc) is 2.92. The second-order valence-corrected chi connectivity index (χ2v) is 6.46. The molecule has 0 radical (unpaired) electrons. The number of benzene rings is 1. The molecule has 1 aromatic heterocycles. The van der Waals surface area contributed by atoms with Crippen molar-refractivity contribution < 1.29 is 8.78 Å². The summed E-state index contributed by atoms with van der Waals surface area (Å²) < 4.78 is 27.4. The first kappa shape index (κ1) is 16.1. The maximum absolute atomic E-state index is 13.7. The van der Waals surface area contributed by atoms with Crippen LogP contribution in [-0.4, -0.2) is 28.0 Å². The zero-order valence-corrected chi connectivity index (χ0v) is 13.5. The molecular weight excluding hydrogens is 296 g/mol. The van der Waals surface area contributed by atoms with Crippen LogP contribution in [0.4, 0.5) is 8.78 Å². The Morgan fingerprint density at radius 3 is 2.78 bits per heavy atom. The number of piperidine rings is 1. The summed E-state index contributed by atoms with van der Waals surface area (Å²) in [5.41, 5.74) is 2.43. The Morgan fingerprint density at radius 2 is 2.09 bits per heavy atom. The molecule has 3 rings (SSSR count). The Kier molecular flexibility index (Phi) is 5.06. The molecular formula is C18H23F2N3. The highest BCUT2D eigenvalue weighted by atomic mass is 19.1. The van der Waals surface area contributed by atoms with Crippen molar-refractivity contribution in [1.29, 1.82) is 0 Å². The van der Waals surface area contributed by atoms with E-state index in [9.17, 15) is 8.78 Å². The van der Waals surface area contributed by atoms with Crippen LogP contribution in [0.25, 0.3) is 0 Å². The Balaban J connectivity index is 1.56. The van der Waals surface area contributed by atoms with Gasteiger partial charge in [0.25, 0.3) is 0 Å². The highest BCUT2D eigenvalue weighted by molar-refractivity contribution is 5.19. The fraction of sp³-hybridized carbons (Fsp3) is 0.500. The first-order valence-corrected chi connectivity index (χ1v) is 8.27. The number of aryl methyl sites for hydroxylation is 1. The number of aromatic nitrogens is 2. The number of nitrogens with zero attached hydrogens (tertiary/aromatic N) is 2. The highest BCUT2D eigenvalue weighted by Gasteiger charge is 2.21. The van der Waals surface area contributed by atoms with Gasteiger partial charge in [0.2, 0.25) is 0 Å². The SMILES string of the molecule is Cc1[nH]cnc1CN1CCC[C@H](CCc2c(F)cccc2F)C1. The number of aromatic amines is 1. The third-order valence-electron chi connectivity index (χ3n) is 4.78. The van der Waals surface area contributed by atoms with Crippen LogP contribution in [0.2, 0.25) is 0 Å². The van der Waals surface area contributed by atoms with E-state index in [2.05, 4.69) is 14.9 Å². The van der Waals surface area contributed by atoms with E-state index in [1.807, 2.05) is 6.92 Å². The first-order chi connectivity index (χ1) is 11.1. The molecule has 124 valence electrons. The molecule has 1 fully saturated rings. The molecule has 2 aromatic rings. The molecule has 0 unspecified atom stereocenters. The number of imidazole rings is 1. The van der Waals surface area contributed by atoms with E-state index in [1.54, 1.807) is 6.33 Å². The van der Waals surface area contributed by atoms with Gasteiger partial charge >= 0.3 is 0 Å². The molecule has 23 heavy (non-hydrogen) atoms. The van der Waals surface area contributed by atoms with Crippen molar-refractivity contribution in [2.45, 2.75) is 39.2 Å². The molecule has 0 bridgehead atoms. The van der Waals surface area contributed by atoms with Gasteiger partial charge < -0.3 is 4.98 Å². The molecule has 1 aromatic carbocycles. The predicted octanol–water partition coefficient (Wildman–Crippen LogP) is 3.84. The topological polar surface area (TPSA) is 31.9 Å². The van der Waals surface area contributed by atoms with Crippen LogP contribution < -0.4 is 0 Å². The van der Waals surface area contributed by atoms with E-state index < -0.39 is 11.6 Å². The lowest BCUT2D eigenvalue weighted by Crippen LogP contribution is -2.35. The number of H-pyrrole nitrogens is 1. The van der Waals surface area contributed by atoms with Crippen molar-refractivity contribution in [2.24, 2.45) is 5.92 Å². The van der Waals surface area contributed by atoms with E-state index in [1.165, 1.54) is 18.2 Å². The number of hydrogen-bond acceptors (Lipinski definition) is 2. The van der Waals surface area contributed by atoms with E-state index in [0.29, 0.717) is 12.3 Å². The summed E-state index contributed by atoms with van der Waals surface area (Å²) >= 11 is 0. The Bertz CT molecular complexity index is 633. The molecule has 1 saturated heterocycles. The maximum atomic E-state index is 13.7. The number of nitrogens with one attached hydrogen (secondary N) is 1. The molecule has 0 spiro atoms. The van der Waals surface area contributed by atoms with Gasteiger partial charge in [0.1, 0.15) is 11.6 Å². The maximum Gasteiger partial charge on any atom is 0.129 e. The first-order valence-electron chi connectivity index (χ1n) is 8.27. The smallest absolute Gasteiger partial charge is 0.129 e. The minimum absolute atomic E-state index is 0.229. The van der Waals surface area contributed by atoms with Gasteiger partial charge in [0.05, 0.1) is 12.0 Å². The number of halogens is 2. The van der Waals surface area contributed by atoms with E-state index in [0.717, 1.165) is 50.3 Å². The lowest BCUT2D eigenvalue weighted by atomic mass is 9.91. The summed E-state index contributed by atoms with van der Waals surface area (Å²) in [6.07, 6.45) is 5.29. The predicted molar refractivity (Wildman–Crippen MR) is 86.0 cm³/mol. The van der Waals surface area contributed by atoms with Crippen molar-refractivity contribution >= 4 is 0 Å². The largest absolute Gasteiger partial charge is 0.348 e. The summed E-state index contributed by atoms with van der Waals surface area (Å²) in [5.74, 6) is -0.364. The summed E-state index contributed by atoms with van der Waals surface area (Å²) in [4.78, 5) is 9.86. The van der Waals surface area contributed by atoms with Crippen LogP contribution in [-0.2, 0) is 13.0 Å². The Morgan fingerprint density at radius 1 is 1.30 bits per heavy atom. The quantitative estimate of drug-likeness (QED) is 0.908. The number of likely N-dealkylation sites (tertiary alicyclic amines) is 1. The van der Waals surface area contributed by atoms with Crippen LogP contribution >= 0.6 is 0 Å². The standard InChI is InChI=1S/C18H23F2N3/c1-13-18(22-12-21-13)11-23-9-3-4-14(10-23)7-8-15-16(19)5-2-6-17(15)20/h2,5-6,12,14H,3-4,7-11H2,1H3,(H,21,22)/t14-/m1/s1. The van der Waals surface area contributed by atoms with Crippen molar-refractivity contribution in [3.05, 3.63) is 53.1 Å². The van der Waals surface area contributed by atoms with Crippen LogP contribution in [0.1, 0.15) is 36.2 Å². The van der Waals surface area contributed by atoms with E-state index >= 15 is 0 Å². The highest BCUT2D eigenvalue weighted by Crippen LogP contribution is 2.24. The molecule has 1 aliphatic rings. The van der Waals surface area contributed by atoms with Crippen LogP contribution in [0.15, 0.2) is 24.5 Å². The zero-order valence-electron chi connectivity index (χ0n) is 13.5. The van der Waals surface area contributed by atoms with Crippen LogP contribution in [0.5, 0.6) is 0 Å². The lowest BCUT2D eigenvalue weighted by molar-refractivity contribution is 0.160. The summed E-state index contributed by atoms with van der Waals surface area (Å²) in [5, 5.41) is 0. The van der Waals surface area contributed by atoms with Crippen LogP contribution in [0, 0.1) is 24.5 Å². The van der Waals surface area contributed by atoms with E-state index in [4.69, 9.17) is 0 Å². The van der Waals surface area contributed by atoms with Crippen LogP contribution in [0.3, 0.4) is 0 Å². The molecule has 2 heterocycles. The van der Waals surface area contributed by atoms with Gasteiger partial charge in [-0.2, -0.15) is 0 Å². The fourth-order valence-electron chi connectivity index (χ4n) is 3.41. The number of hydrogen-bond donors (Lipinski definition) is 1. The molecule has 1 aliphatic heterocycles. The molecule has 0 aliphatic carbocycles. The Hall–Kier alpha value is -1.75. The Labute approximate surface area is 135 Å². The second kappa shape index (κ2) is 7.21. The van der Waals surface area contributed by atoms with Gasteiger partial charge in [-0.25, -0.2) is 13.8 Å². The van der Waals surface area contributed by atoms with Crippen molar-refractivity contribution in [1.82, 2.24) is 14.9 Å². The second-order valence-electron chi connectivity index (χ2n) is 6.46. The third kappa shape index (κ3) is 3.96. The van der Waals surface area contributed by atoms with Gasteiger partial charge in [-0.3, -0.25) is 4.90 Å². The third-order valence-corrected chi connectivity index (χ3v) is 4.78. The monoisotopic (exact) mass is 319 g/mol.